The number of carbonyl (C=O) groups excluding carboxylic acids is 1. The fourth-order valence-corrected chi connectivity index (χ4v) is 2.39. The zero-order chi connectivity index (χ0) is 18.6. The Balaban J connectivity index is 2.15. The molecule has 1 amide bonds. The third-order valence-electron chi connectivity index (χ3n) is 3.69. The van der Waals surface area contributed by atoms with Gasteiger partial charge in [-0.15, -0.1) is 0 Å². The van der Waals surface area contributed by atoms with Gasteiger partial charge in [0.25, 0.3) is 5.56 Å². The fraction of sp³-hybridized carbons (Fsp3) is 0.643. The monoisotopic (exact) mass is 358 g/mol. The van der Waals surface area contributed by atoms with Crippen LogP contribution in [0.2, 0.25) is 0 Å². The number of alkyl carbamates (subject to hydrolysis) is 1. The maximum Gasteiger partial charge on any atom is 0.407 e. The van der Waals surface area contributed by atoms with Gasteiger partial charge in [-0.3, -0.25) is 14.3 Å². The summed E-state index contributed by atoms with van der Waals surface area (Å²) in [6.07, 6.45) is -4.43. The van der Waals surface area contributed by atoms with Crippen LogP contribution >= 0.6 is 0 Å². The molecule has 11 heteroatoms. The lowest BCUT2D eigenvalue weighted by Crippen LogP contribution is -2.43. The van der Waals surface area contributed by atoms with E-state index in [2.05, 4.69) is 10.3 Å². The molecule has 2 heterocycles. The second-order valence-electron chi connectivity index (χ2n) is 5.86. The van der Waals surface area contributed by atoms with Crippen molar-refractivity contribution in [2.45, 2.75) is 24.5 Å². The fourth-order valence-electron chi connectivity index (χ4n) is 2.39. The van der Waals surface area contributed by atoms with Gasteiger partial charge in [0.05, 0.1) is 6.61 Å². The number of aliphatic hydroxyl groups excluding tert-OH is 2. The number of amides is 1. The summed E-state index contributed by atoms with van der Waals surface area (Å²) in [5.74, 6) is 0. The molecule has 4 atom stereocenters. The van der Waals surface area contributed by atoms with E-state index < -0.39 is 48.5 Å². The van der Waals surface area contributed by atoms with Crippen molar-refractivity contribution in [2.24, 2.45) is 0 Å². The summed E-state index contributed by atoms with van der Waals surface area (Å²) in [6, 6.07) is 1.09. The van der Waals surface area contributed by atoms with E-state index in [9.17, 15) is 24.6 Å². The van der Waals surface area contributed by atoms with Gasteiger partial charge < -0.3 is 29.9 Å². The summed E-state index contributed by atoms with van der Waals surface area (Å²) in [7, 11) is 3.68. The Morgan fingerprint density at radius 2 is 2.20 bits per heavy atom. The smallest absolute Gasteiger partial charge is 0.407 e. The highest BCUT2D eigenvalue weighted by molar-refractivity contribution is 5.67. The average Bonchev–Trinajstić information content (AvgIpc) is 2.83. The maximum atomic E-state index is 11.9. The number of H-pyrrole nitrogens is 1. The van der Waals surface area contributed by atoms with Crippen molar-refractivity contribution >= 4 is 6.09 Å². The second-order valence-corrected chi connectivity index (χ2v) is 5.86. The van der Waals surface area contributed by atoms with E-state index in [1.54, 1.807) is 0 Å². The number of likely N-dealkylation sites (N-methyl/N-ethyl adjacent to an activating group) is 1. The van der Waals surface area contributed by atoms with E-state index in [0.29, 0.717) is 13.1 Å². The van der Waals surface area contributed by atoms with E-state index in [0.717, 1.165) is 10.6 Å². The first-order valence-corrected chi connectivity index (χ1v) is 7.68. The van der Waals surface area contributed by atoms with Gasteiger partial charge in [0, 0.05) is 25.4 Å². The van der Waals surface area contributed by atoms with Crippen molar-refractivity contribution in [3.63, 3.8) is 0 Å². The lowest BCUT2D eigenvalue weighted by Gasteiger charge is -2.22. The van der Waals surface area contributed by atoms with Gasteiger partial charge in [-0.1, -0.05) is 0 Å². The summed E-state index contributed by atoms with van der Waals surface area (Å²) >= 11 is 0. The van der Waals surface area contributed by atoms with Gasteiger partial charge in [0.15, 0.2) is 12.3 Å². The zero-order valence-corrected chi connectivity index (χ0v) is 13.9. The van der Waals surface area contributed by atoms with Crippen LogP contribution in [-0.2, 0) is 9.47 Å². The lowest BCUT2D eigenvalue weighted by molar-refractivity contribution is -0.0569. The third-order valence-corrected chi connectivity index (χ3v) is 3.69. The lowest BCUT2D eigenvalue weighted by atomic mass is 10.1. The minimum atomic E-state index is -1.34. The summed E-state index contributed by atoms with van der Waals surface area (Å²) in [5, 5.41) is 22.0. The summed E-state index contributed by atoms with van der Waals surface area (Å²) in [4.78, 5) is 38.9. The highest BCUT2D eigenvalue weighted by Crippen LogP contribution is 2.30. The van der Waals surface area contributed by atoms with E-state index >= 15 is 0 Å². The summed E-state index contributed by atoms with van der Waals surface area (Å²) in [5.41, 5.74) is -1.39. The SMILES string of the molecule is CN(C)CCNC(=O)O[C@@H]1[C@H](O)[C@@H](CO)O[C@H]1n1ccc(=O)[nH]c1=O. The number of carbonyl (C=O) groups is 1. The van der Waals surface area contributed by atoms with Crippen LogP contribution < -0.4 is 16.6 Å². The number of aromatic nitrogens is 2. The van der Waals surface area contributed by atoms with Crippen molar-refractivity contribution in [1.82, 2.24) is 19.8 Å². The molecule has 1 aliphatic rings. The van der Waals surface area contributed by atoms with E-state index in [1.807, 2.05) is 19.0 Å². The van der Waals surface area contributed by atoms with Gasteiger partial charge in [-0.2, -0.15) is 0 Å². The second kappa shape index (κ2) is 8.25. The summed E-state index contributed by atoms with van der Waals surface area (Å²) in [6.45, 7) is 0.376. The molecule has 0 aliphatic carbocycles. The van der Waals surface area contributed by atoms with Gasteiger partial charge in [-0.05, 0) is 14.1 Å². The van der Waals surface area contributed by atoms with E-state index in [4.69, 9.17) is 9.47 Å². The van der Waals surface area contributed by atoms with Crippen LogP contribution in [0.4, 0.5) is 4.79 Å². The average molecular weight is 358 g/mol. The van der Waals surface area contributed by atoms with Crippen molar-refractivity contribution in [1.29, 1.82) is 0 Å². The molecule has 0 radical (unpaired) electrons. The van der Waals surface area contributed by atoms with E-state index in [1.165, 1.54) is 6.20 Å². The van der Waals surface area contributed by atoms with Crippen LogP contribution in [0.15, 0.2) is 21.9 Å². The molecule has 0 unspecified atom stereocenters. The van der Waals surface area contributed by atoms with Crippen LogP contribution in [0.1, 0.15) is 6.23 Å². The number of nitrogens with zero attached hydrogens (tertiary/aromatic N) is 2. The number of hydrogen-bond acceptors (Lipinski definition) is 8. The minimum Gasteiger partial charge on any atom is -0.439 e. The Morgan fingerprint density at radius 1 is 1.48 bits per heavy atom. The zero-order valence-electron chi connectivity index (χ0n) is 13.9. The number of ether oxygens (including phenoxy) is 2. The maximum absolute atomic E-state index is 11.9. The van der Waals surface area contributed by atoms with Crippen LogP contribution in [0.25, 0.3) is 0 Å². The predicted molar refractivity (Wildman–Crippen MR) is 85.2 cm³/mol. The number of aromatic amines is 1. The molecule has 0 saturated carbocycles. The highest BCUT2D eigenvalue weighted by atomic mass is 16.6. The van der Waals surface area contributed by atoms with Crippen molar-refractivity contribution in [3.05, 3.63) is 33.1 Å². The Kier molecular flexibility index (Phi) is 6.31. The molecule has 1 aromatic heterocycles. The number of aliphatic hydroxyl groups is 2. The first kappa shape index (κ1) is 19.1. The molecule has 25 heavy (non-hydrogen) atoms. The minimum absolute atomic E-state index is 0.322. The highest BCUT2D eigenvalue weighted by Gasteiger charge is 2.47. The topological polar surface area (TPSA) is 146 Å². The van der Waals surface area contributed by atoms with Gasteiger partial charge in [0.2, 0.25) is 0 Å². The number of rotatable bonds is 6. The first-order chi connectivity index (χ1) is 11.8. The Labute approximate surface area is 142 Å². The molecule has 0 aromatic carbocycles. The molecular formula is C14H22N4O7. The predicted octanol–water partition coefficient (Wildman–Crippen LogP) is -2.56. The quantitative estimate of drug-likeness (QED) is 0.434. The molecule has 2 rings (SSSR count). The third kappa shape index (κ3) is 4.66. The van der Waals surface area contributed by atoms with Crippen LogP contribution in [0.5, 0.6) is 0 Å². The summed E-state index contributed by atoms with van der Waals surface area (Å²) < 4.78 is 11.6. The largest absolute Gasteiger partial charge is 0.439 e. The Hall–Kier alpha value is -2.21. The number of hydrogen-bond donors (Lipinski definition) is 4. The van der Waals surface area contributed by atoms with Crippen molar-refractivity contribution < 1.29 is 24.5 Å². The van der Waals surface area contributed by atoms with Crippen LogP contribution in [-0.4, -0.2) is 82.9 Å². The molecule has 140 valence electrons. The molecule has 4 N–H and O–H groups in total. The molecular weight excluding hydrogens is 336 g/mol. The van der Waals surface area contributed by atoms with Crippen LogP contribution in [0.3, 0.4) is 0 Å². The van der Waals surface area contributed by atoms with Gasteiger partial charge in [0.1, 0.15) is 12.2 Å². The molecule has 1 aliphatic heterocycles. The molecule has 11 nitrogen and oxygen atoms in total. The molecule has 0 spiro atoms. The van der Waals surface area contributed by atoms with E-state index in [-0.39, 0.29) is 0 Å². The van der Waals surface area contributed by atoms with Crippen molar-refractivity contribution in [2.75, 3.05) is 33.8 Å². The molecule has 1 aromatic rings. The molecule has 1 fully saturated rings. The normalized spacial score (nSPS) is 26.0. The van der Waals surface area contributed by atoms with Gasteiger partial charge in [-0.25, -0.2) is 9.59 Å². The Morgan fingerprint density at radius 3 is 2.80 bits per heavy atom. The van der Waals surface area contributed by atoms with Crippen LogP contribution in [0, 0.1) is 0 Å². The van der Waals surface area contributed by atoms with Gasteiger partial charge >= 0.3 is 11.8 Å². The first-order valence-electron chi connectivity index (χ1n) is 7.68. The van der Waals surface area contributed by atoms with Crippen molar-refractivity contribution in [3.8, 4) is 0 Å². The Bertz CT molecular complexity index is 701. The number of nitrogens with one attached hydrogen (secondary N) is 2. The molecule has 1 saturated heterocycles. The standard InChI is InChI=1S/C14H22N4O7/c1-17(2)6-4-15-14(23)25-11-10(21)8(7-19)24-12(11)18-5-3-9(20)16-13(18)22/h3,5,8,10-12,19,21H,4,6-7H2,1-2H3,(H,15,23)(H,16,20,22)/t8-,10-,11-,12-/m1/s1. The molecule has 0 bridgehead atoms.